The van der Waals surface area contributed by atoms with Gasteiger partial charge in [-0.2, -0.15) is 0 Å². The molecular weight excluding hydrogens is 204 g/mol. The molecule has 0 atom stereocenters. The van der Waals surface area contributed by atoms with Crippen LogP contribution < -0.4 is 5.32 Å². The Hall–Kier alpha value is -0.610. The number of esters is 1. The molecule has 1 N–H and O–H groups in total. The maximum Gasteiger partial charge on any atom is 0.320 e. The van der Waals surface area contributed by atoms with Crippen molar-refractivity contribution < 1.29 is 9.53 Å². The van der Waals surface area contributed by atoms with Crippen LogP contribution in [0.3, 0.4) is 0 Å². The fourth-order valence-electron chi connectivity index (χ4n) is 2.03. The largest absolute Gasteiger partial charge is 0.461 e. The predicted octanol–water partition coefficient (Wildman–Crippen LogP) is 0.623. The van der Waals surface area contributed by atoms with Gasteiger partial charge in [0, 0.05) is 13.1 Å². The second-order valence-corrected chi connectivity index (χ2v) is 5.07. The van der Waals surface area contributed by atoms with E-state index in [4.69, 9.17) is 4.74 Å². The van der Waals surface area contributed by atoms with E-state index in [1.807, 2.05) is 0 Å². The molecular formula is C12H22N2O2. The summed E-state index contributed by atoms with van der Waals surface area (Å²) < 4.78 is 5.41. The molecule has 2 aliphatic rings. The molecule has 0 aromatic rings. The molecule has 0 bridgehead atoms. The Morgan fingerprint density at radius 3 is 2.62 bits per heavy atom. The van der Waals surface area contributed by atoms with Gasteiger partial charge in [-0.05, 0) is 45.2 Å². The Kier molecular flexibility index (Phi) is 4.18. The van der Waals surface area contributed by atoms with E-state index in [0.717, 1.165) is 38.4 Å². The van der Waals surface area contributed by atoms with Crippen LogP contribution in [0.15, 0.2) is 0 Å². The highest BCUT2D eigenvalue weighted by molar-refractivity contribution is 5.71. The van der Waals surface area contributed by atoms with Crippen molar-refractivity contribution in [2.45, 2.75) is 31.8 Å². The Balaban J connectivity index is 1.55. The van der Waals surface area contributed by atoms with Crippen LogP contribution in [0.5, 0.6) is 0 Å². The van der Waals surface area contributed by atoms with Gasteiger partial charge in [-0.25, -0.2) is 0 Å². The molecule has 0 aromatic heterocycles. The molecule has 0 unspecified atom stereocenters. The van der Waals surface area contributed by atoms with E-state index >= 15 is 0 Å². The number of carbonyl (C=O) groups is 1. The van der Waals surface area contributed by atoms with Crippen LogP contribution in [-0.2, 0) is 9.53 Å². The van der Waals surface area contributed by atoms with Gasteiger partial charge in [-0.1, -0.05) is 0 Å². The molecule has 0 amide bonds. The number of ether oxygens (including phenoxy) is 1. The third-order valence-electron chi connectivity index (χ3n) is 3.36. The van der Waals surface area contributed by atoms with E-state index in [9.17, 15) is 4.79 Å². The summed E-state index contributed by atoms with van der Waals surface area (Å²) in [6.07, 6.45) is 4.73. The van der Waals surface area contributed by atoms with Crippen LogP contribution in [-0.4, -0.2) is 50.2 Å². The Morgan fingerprint density at radius 1 is 1.31 bits per heavy atom. The summed E-state index contributed by atoms with van der Waals surface area (Å²) in [5.74, 6) is 0.728. The van der Waals surface area contributed by atoms with Gasteiger partial charge in [-0.15, -0.1) is 0 Å². The first kappa shape index (κ1) is 11.9. The zero-order valence-corrected chi connectivity index (χ0v) is 10.1. The molecule has 1 saturated heterocycles. The number of nitrogens with one attached hydrogen (secondary N) is 1. The SMILES string of the molecule is CN1CCC(OC(=O)CNCC2CC2)CC1. The summed E-state index contributed by atoms with van der Waals surface area (Å²) in [6.45, 7) is 3.42. The number of rotatable bonds is 5. The Morgan fingerprint density at radius 2 is 2.00 bits per heavy atom. The normalized spacial score (nSPS) is 23.3. The van der Waals surface area contributed by atoms with Crippen molar-refractivity contribution >= 4 is 5.97 Å². The van der Waals surface area contributed by atoms with E-state index in [2.05, 4.69) is 17.3 Å². The molecule has 4 nitrogen and oxygen atoms in total. The van der Waals surface area contributed by atoms with Gasteiger partial charge in [0.25, 0.3) is 0 Å². The summed E-state index contributed by atoms with van der Waals surface area (Å²) in [5.41, 5.74) is 0. The summed E-state index contributed by atoms with van der Waals surface area (Å²) in [7, 11) is 2.11. The number of hydrogen-bond acceptors (Lipinski definition) is 4. The third kappa shape index (κ3) is 4.10. The molecule has 1 aliphatic heterocycles. The van der Waals surface area contributed by atoms with E-state index in [1.165, 1.54) is 12.8 Å². The molecule has 2 rings (SSSR count). The zero-order valence-electron chi connectivity index (χ0n) is 10.1. The molecule has 1 saturated carbocycles. The number of likely N-dealkylation sites (tertiary alicyclic amines) is 1. The number of carbonyl (C=O) groups excluding carboxylic acids is 1. The number of hydrogen-bond donors (Lipinski definition) is 1. The Bertz CT molecular complexity index is 233. The monoisotopic (exact) mass is 226 g/mol. The lowest BCUT2D eigenvalue weighted by molar-refractivity contribution is -0.149. The van der Waals surface area contributed by atoms with Crippen molar-refractivity contribution in [1.82, 2.24) is 10.2 Å². The van der Waals surface area contributed by atoms with E-state index in [1.54, 1.807) is 0 Å². The highest BCUT2D eigenvalue weighted by Crippen LogP contribution is 2.27. The molecule has 0 spiro atoms. The lowest BCUT2D eigenvalue weighted by Crippen LogP contribution is -2.37. The highest BCUT2D eigenvalue weighted by atomic mass is 16.5. The minimum atomic E-state index is -0.0878. The first-order chi connectivity index (χ1) is 7.74. The van der Waals surface area contributed by atoms with Crippen molar-refractivity contribution in [1.29, 1.82) is 0 Å². The van der Waals surface area contributed by atoms with Gasteiger partial charge in [0.15, 0.2) is 0 Å². The second kappa shape index (κ2) is 5.64. The number of nitrogens with zero attached hydrogens (tertiary/aromatic N) is 1. The van der Waals surface area contributed by atoms with Crippen molar-refractivity contribution in [3.05, 3.63) is 0 Å². The number of piperidine rings is 1. The Labute approximate surface area is 97.3 Å². The van der Waals surface area contributed by atoms with Crippen LogP contribution in [0.1, 0.15) is 25.7 Å². The molecule has 92 valence electrons. The first-order valence-corrected chi connectivity index (χ1v) is 6.33. The summed E-state index contributed by atoms with van der Waals surface area (Å²) in [5, 5.41) is 3.16. The fraction of sp³-hybridized carbons (Fsp3) is 0.917. The predicted molar refractivity (Wildman–Crippen MR) is 62.2 cm³/mol. The van der Waals surface area contributed by atoms with Gasteiger partial charge in [0.1, 0.15) is 6.10 Å². The van der Waals surface area contributed by atoms with Crippen molar-refractivity contribution in [3.8, 4) is 0 Å². The molecule has 16 heavy (non-hydrogen) atoms. The average Bonchev–Trinajstić information content (AvgIpc) is 3.05. The minimum Gasteiger partial charge on any atom is -0.461 e. The van der Waals surface area contributed by atoms with E-state index in [-0.39, 0.29) is 12.1 Å². The maximum absolute atomic E-state index is 11.5. The molecule has 0 radical (unpaired) electrons. The quantitative estimate of drug-likeness (QED) is 0.698. The lowest BCUT2D eigenvalue weighted by atomic mass is 10.1. The topological polar surface area (TPSA) is 41.6 Å². The minimum absolute atomic E-state index is 0.0878. The molecule has 1 aliphatic carbocycles. The van der Waals surface area contributed by atoms with E-state index < -0.39 is 0 Å². The van der Waals surface area contributed by atoms with Gasteiger partial charge >= 0.3 is 5.97 Å². The standard InChI is InChI=1S/C12H22N2O2/c1-14-6-4-11(5-7-14)16-12(15)9-13-8-10-2-3-10/h10-11,13H,2-9H2,1H3. The van der Waals surface area contributed by atoms with Crippen molar-refractivity contribution in [3.63, 3.8) is 0 Å². The van der Waals surface area contributed by atoms with Crippen LogP contribution >= 0.6 is 0 Å². The van der Waals surface area contributed by atoms with E-state index in [0.29, 0.717) is 6.54 Å². The third-order valence-corrected chi connectivity index (χ3v) is 3.36. The zero-order chi connectivity index (χ0) is 11.4. The summed E-state index contributed by atoms with van der Waals surface area (Å²) in [6, 6.07) is 0. The fourth-order valence-corrected chi connectivity index (χ4v) is 2.03. The average molecular weight is 226 g/mol. The molecule has 2 fully saturated rings. The van der Waals surface area contributed by atoms with Crippen LogP contribution in [0.4, 0.5) is 0 Å². The first-order valence-electron chi connectivity index (χ1n) is 6.33. The summed E-state index contributed by atoms with van der Waals surface area (Å²) in [4.78, 5) is 13.8. The maximum atomic E-state index is 11.5. The molecule has 0 aromatic carbocycles. The smallest absolute Gasteiger partial charge is 0.320 e. The van der Waals surface area contributed by atoms with Crippen molar-refractivity contribution in [2.75, 3.05) is 33.2 Å². The van der Waals surface area contributed by atoms with Crippen LogP contribution in [0.25, 0.3) is 0 Å². The van der Waals surface area contributed by atoms with Crippen molar-refractivity contribution in [2.24, 2.45) is 5.92 Å². The van der Waals surface area contributed by atoms with Gasteiger partial charge in [0.05, 0.1) is 6.54 Å². The lowest BCUT2D eigenvalue weighted by Gasteiger charge is -2.28. The highest BCUT2D eigenvalue weighted by Gasteiger charge is 2.22. The van der Waals surface area contributed by atoms with Crippen LogP contribution in [0, 0.1) is 5.92 Å². The summed E-state index contributed by atoms with van der Waals surface area (Å²) >= 11 is 0. The molecule has 1 heterocycles. The van der Waals surface area contributed by atoms with Gasteiger partial charge in [-0.3, -0.25) is 4.79 Å². The van der Waals surface area contributed by atoms with Gasteiger partial charge < -0.3 is 15.0 Å². The van der Waals surface area contributed by atoms with Gasteiger partial charge in [0.2, 0.25) is 0 Å². The second-order valence-electron chi connectivity index (χ2n) is 5.07. The molecule has 4 heteroatoms. The van der Waals surface area contributed by atoms with Crippen LogP contribution in [0.2, 0.25) is 0 Å².